The van der Waals surface area contributed by atoms with E-state index in [1.54, 1.807) is 38.1 Å². The largest absolute Gasteiger partial charge is 0.273 e. The van der Waals surface area contributed by atoms with Gasteiger partial charge in [-0.25, -0.2) is 8.42 Å². The number of nitriles is 1. The Kier molecular flexibility index (Phi) is 3.55. The maximum atomic E-state index is 11.9. The molecule has 0 amide bonds. The predicted octanol–water partition coefficient (Wildman–Crippen LogP) is 1.73. The standard InChI is InChI=1S/C11H14N2O2S/c1-9(2)16(14,15)13(3)11-6-4-5-10(7-11)8-12/h4-7,9H,1-3H3. The number of hydrogen-bond acceptors (Lipinski definition) is 3. The second-order valence-electron chi connectivity index (χ2n) is 3.72. The minimum atomic E-state index is -3.33. The zero-order valence-electron chi connectivity index (χ0n) is 9.51. The molecule has 1 aromatic rings. The molecule has 0 fully saturated rings. The van der Waals surface area contributed by atoms with Crippen molar-refractivity contribution >= 4 is 15.7 Å². The molecule has 0 aliphatic heterocycles. The lowest BCUT2D eigenvalue weighted by atomic mass is 10.2. The van der Waals surface area contributed by atoms with Crippen molar-refractivity contribution in [2.24, 2.45) is 0 Å². The van der Waals surface area contributed by atoms with Crippen LogP contribution >= 0.6 is 0 Å². The quantitative estimate of drug-likeness (QED) is 0.805. The number of benzene rings is 1. The summed E-state index contributed by atoms with van der Waals surface area (Å²) in [6.45, 7) is 3.25. The average molecular weight is 238 g/mol. The van der Waals surface area contributed by atoms with Crippen LogP contribution in [0.25, 0.3) is 0 Å². The van der Waals surface area contributed by atoms with Crippen molar-refractivity contribution in [3.8, 4) is 6.07 Å². The van der Waals surface area contributed by atoms with E-state index in [9.17, 15) is 8.42 Å². The second kappa shape index (κ2) is 4.54. The van der Waals surface area contributed by atoms with E-state index in [0.29, 0.717) is 11.3 Å². The molecule has 0 N–H and O–H groups in total. The molecule has 5 heteroatoms. The number of rotatable bonds is 3. The van der Waals surface area contributed by atoms with Gasteiger partial charge in [-0.1, -0.05) is 6.07 Å². The van der Waals surface area contributed by atoms with Crippen LogP contribution in [0.4, 0.5) is 5.69 Å². The van der Waals surface area contributed by atoms with Gasteiger partial charge in [0.2, 0.25) is 10.0 Å². The van der Waals surface area contributed by atoms with E-state index in [4.69, 9.17) is 5.26 Å². The van der Waals surface area contributed by atoms with Gasteiger partial charge in [-0.2, -0.15) is 5.26 Å². The van der Waals surface area contributed by atoms with Crippen LogP contribution in [0.15, 0.2) is 24.3 Å². The average Bonchev–Trinajstić information content (AvgIpc) is 2.27. The fourth-order valence-corrected chi connectivity index (χ4v) is 2.27. The van der Waals surface area contributed by atoms with E-state index in [1.807, 2.05) is 6.07 Å². The Morgan fingerprint density at radius 2 is 2.00 bits per heavy atom. The molecular weight excluding hydrogens is 224 g/mol. The van der Waals surface area contributed by atoms with E-state index in [0.717, 1.165) is 0 Å². The SMILES string of the molecule is CC(C)S(=O)(=O)N(C)c1cccc(C#N)c1. The van der Waals surface area contributed by atoms with E-state index in [1.165, 1.54) is 11.4 Å². The summed E-state index contributed by atoms with van der Waals surface area (Å²) in [4.78, 5) is 0. The topological polar surface area (TPSA) is 61.2 Å². The zero-order chi connectivity index (χ0) is 12.3. The molecule has 0 saturated carbocycles. The van der Waals surface area contributed by atoms with Gasteiger partial charge in [-0.05, 0) is 32.0 Å². The molecule has 0 aromatic heterocycles. The molecule has 0 bridgehead atoms. The highest BCUT2D eigenvalue weighted by atomic mass is 32.2. The van der Waals surface area contributed by atoms with Gasteiger partial charge in [0.05, 0.1) is 22.6 Å². The van der Waals surface area contributed by atoms with Gasteiger partial charge in [0, 0.05) is 7.05 Å². The van der Waals surface area contributed by atoms with Crippen molar-refractivity contribution < 1.29 is 8.42 Å². The van der Waals surface area contributed by atoms with Gasteiger partial charge in [0.15, 0.2) is 0 Å². The maximum Gasteiger partial charge on any atom is 0.237 e. The lowest BCUT2D eigenvalue weighted by Gasteiger charge is -2.21. The molecule has 0 aliphatic carbocycles. The summed E-state index contributed by atoms with van der Waals surface area (Å²) in [6.07, 6.45) is 0. The Labute approximate surface area is 96.2 Å². The normalized spacial score (nSPS) is 11.2. The van der Waals surface area contributed by atoms with Gasteiger partial charge in [0.1, 0.15) is 0 Å². The van der Waals surface area contributed by atoms with Gasteiger partial charge in [-0.15, -0.1) is 0 Å². The number of nitrogens with zero attached hydrogens (tertiary/aromatic N) is 2. The van der Waals surface area contributed by atoms with Gasteiger partial charge in [-0.3, -0.25) is 4.31 Å². The van der Waals surface area contributed by atoms with E-state index in [2.05, 4.69) is 0 Å². The third-order valence-electron chi connectivity index (χ3n) is 2.32. The Balaban J connectivity index is 3.16. The highest BCUT2D eigenvalue weighted by Crippen LogP contribution is 2.19. The van der Waals surface area contributed by atoms with Crippen molar-refractivity contribution in [3.05, 3.63) is 29.8 Å². The smallest absolute Gasteiger partial charge is 0.237 e. The molecule has 0 atom stereocenters. The fourth-order valence-electron chi connectivity index (χ4n) is 1.23. The predicted molar refractivity (Wildman–Crippen MR) is 63.6 cm³/mol. The van der Waals surface area contributed by atoms with Crippen LogP contribution in [0.3, 0.4) is 0 Å². The lowest BCUT2D eigenvalue weighted by Crippen LogP contribution is -2.32. The number of sulfonamides is 1. The molecule has 0 radical (unpaired) electrons. The first-order chi connectivity index (χ1) is 7.39. The Morgan fingerprint density at radius 3 is 2.50 bits per heavy atom. The summed E-state index contributed by atoms with van der Waals surface area (Å²) in [6, 6.07) is 8.51. The molecule has 0 heterocycles. The van der Waals surface area contributed by atoms with E-state index in [-0.39, 0.29) is 0 Å². The lowest BCUT2D eigenvalue weighted by molar-refractivity contribution is 0.585. The van der Waals surface area contributed by atoms with Crippen molar-refractivity contribution in [2.45, 2.75) is 19.1 Å². The Morgan fingerprint density at radius 1 is 1.38 bits per heavy atom. The second-order valence-corrected chi connectivity index (χ2v) is 6.24. The molecule has 1 rings (SSSR count). The minimum absolute atomic E-state index is 0.448. The van der Waals surface area contributed by atoms with Gasteiger partial charge >= 0.3 is 0 Å². The molecular formula is C11H14N2O2S. The first-order valence-corrected chi connectivity index (χ1v) is 6.38. The summed E-state index contributed by atoms with van der Waals surface area (Å²) in [5.41, 5.74) is 0.955. The van der Waals surface area contributed by atoms with Crippen molar-refractivity contribution in [2.75, 3.05) is 11.4 Å². The van der Waals surface area contributed by atoms with Crippen molar-refractivity contribution in [3.63, 3.8) is 0 Å². The van der Waals surface area contributed by atoms with Crippen molar-refractivity contribution in [1.82, 2.24) is 0 Å². The minimum Gasteiger partial charge on any atom is -0.273 e. The number of anilines is 1. The van der Waals surface area contributed by atoms with Crippen LogP contribution in [0.1, 0.15) is 19.4 Å². The summed E-state index contributed by atoms with van der Waals surface area (Å²) >= 11 is 0. The van der Waals surface area contributed by atoms with Gasteiger partial charge < -0.3 is 0 Å². The third-order valence-corrected chi connectivity index (χ3v) is 4.48. The highest BCUT2D eigenvalue weighted by molar-refractivity contribution is 7.93. The summed E-state index contributed by atoms with van der Waals surface area (Å²) in [5, 5.41) is 8.25. The third kappa shape index (κ3) is 2.34. The van der Waals surface area contributed by atoms with Crippen LogP contribution in [0.2, 0.25) is 0 Å². The summed E-state index contributed by atoms with van der Waals surface area (Å²) < 4.78 is 25.0. The Bertz CT molecular complexity index is 515. The fraction of sp³-hybridized carbons (Fsp3) is 0.364. The van der Waals surface area contributed by atoms with Crippen LogP contribution < -0.4 is 4.31 Å². The first-order valence-electron chi connectivity index (χ1n) is 4.87. The summed E-state index contributed by atoms with van der Waals surface area (Å²) in [7, 11) is -1.84. The number of hydrogen-bond donors (Lipinski definition) is 0. The molecule has 0 saturated heterocycles. The highest BCUT2D eigenvalue weighted by Gasteiger charge is 2.22. The van der Waals surface area contributed by atoms with Gasteiger partial charge in [0.25, 0.3) is 0 Å². The van der Waals surface area contributed by atoms with Crippen LogP contribution in [0, 0.1) is 11.3 Å². The molecule has 0 unspecified atom stereocenters. The van der Waals surface area contributed by atoms with E-state index >= 15 is 0 Å². The summed E-state index contributed by atoms with van der Waals surface area (Å²) in [5.74, 6) is 0. The maximum absolute atomic E-state index is 11.9. The molecule has 16 heavy (non-hydrogen) atoms. The molecule has 0 aliphatic rings. The Hall–Kier alpha value is -1.54. The van der Waals surface area contributed by atoms with Crippen LogP contribution in [-0.4, -0.2) is 20.7 Å². The van der Waals surface area contributed by atoms with E-state index < -0.39 is 15.3 Å². The van der Waals surface area contributed by atoms with Crippen LogP contribution in [-0.2, 0) is 10.0 Å². The molecule has 4 nitrogen and oxygen atoms in total. The first kappa shape index (κ1) is 12.5. The molecule has 86 valence electrons. The van der Waals surface area contributed by atoms with Crippen LogP contribution in [0.5, 0.6) is 0 Å². The zero-order valence-corrected chi connectivity index (χ0v) is 10.3. The molecule has 0 spiro atoms. The van der Waals surface area contributed by atoms with Crippen molar-refractivity contribution in [1.29, 1.82) is 5.26 Å². The molecule has 1 aromatic carbocycles. The monoisotopic (exact) mass is 238 g/mol.